The molecule has 1 aliphatic carbocycles. The third-order valence-electron chi connectivity index (χ3n) is 4.70. The van der Waals surface area contributed by atoms with Gasteiger partial charge in [-0.15, -0.1) is 11.8 Å². The third-order valence-corrected chi connectivity index (χ3v) is 5.45. The van der Waals surface area contributed by atoms with Gasteiger partial charge in [-0.2, -0.15) is 0 Å². The molecule has 0 bridgehead atoms. The molecule has 1 N–H and O–H groups in total. The Morgan fingerprint density at radius 3 is 2.36 bits per heavy atom. The minimum absolute atomic E-state index is 0.0960. The number of thioether (sulfide) groups is 1. The maximum Gasteiger partial charge on any atom is 0.244 e. The van der Waals surface area contributed by atoms with Crippen LogP contribution in [0.2, 0.25) is 0 Å². The first-order valence-electron chi connectivity index (χ1n) is 8.36. The number of ether oxygens (including phenoxy) is 1. The number of carbonyl (C=O) groups excluding carboxylic acids is 1. The second-order valence-electron chi connectivity index (χ2n) is 6.33. The normalized spacial score (nSPS) is 15.3. The molecule has 2 aromatic carbocycles. The predicted octanol–water partition coefficient (Wildman–Crippen LogP) is 3.72. The van der Waals surface area contributed by atoms with Gasteiger partial charge >= 0.3 is 0 Å². The number of fused-ring (bicyclic) bond motifs is 1. The fourth-order valence-corrected chi connectivity index (χ4v) is 3.60. The van der Waals surface area contributed by atoms with Gasteiger partial charge in [-0.25, -0.2) is 0 Å². The summed E-state index contributed by atoms with van der Waals surface area (Å²) in [6.45, 7) is 0.507. The van der Waals surface area contributed by atoms with Gasteiger partial charge in [0.05, 0.1) is 5.60 Å². The summed E-state index contributed by atoms with van der Waals surface area (Å²) in [5.74, 6) is -0.0960. The van der Waals surface area contributed by atoms with E-state index in [1.54, 1.807) is 24.9 Å². The molecule has 0 spiro atoms. The van der Waals surface area contributed by atoms with Crippen LogP contribution in [0.25, 0.3) is 6.08 Å². The molecule has 130 valence electrons. The molecule has 4 heteroatoms. The van der Waals surface area contributed by atoms with Crippen LogP contribution in [-0.4, -0.2) is 31.4 Å². The third kappa shape index (κ3) is 4.33. The number of hydrogen-bond donors (Lipinski definition) is 1. The van der Waals surface area contributed by atoms with Gasteiger partial charge in [0.15, 0.2) is 0 Å². The number of hydrogen-bond acceptors (Lipinski definition) is 3. The summed E-state index contributed by atoms with van der Waals surface area (Å²) in [4.78, 5) is 13.4. The van der Waals surface area contributed by atoms with Gasteiger partial charge in [0.2, 0.25) is 5.91 Å². The van der Waals surface area contributed by atoms with E-state index in [-0.39, 0.29) is 11.5 Å². The maximum atomic E-state index is 12.2. The Labute approximate surface area is 153 Å². The van der Waals surface area contributed by atoms with Crippen molar-refractivity contribution >= 4 is 23.7 Å². The Balaban J connectivity index is 1.57. The van der Waals surface area contributed by atoms with Gasteiger partial charge in [0.25, 0.3) is 0 Å². The largest absolute Gasteiger partial charge is 0.376 e. The van der Waals surface area contributed by atoms with Crippen LogP contribution in [0, 0.1) is 0 Å². The lowest BCUT2D eigenvalue weighted by Gasteiger charge is -2.27. The van der Waals surface area contributed by atoms with Crippen molar-refractivity contribution in [1.82, 2.24) is 5.32 Å². The fourth-order valence-electron chi connectivity index (χ4n) is 3.19. The zero-order valence-electron chi connectivity index (χ0n) is 14.6. The highest BCUT2D eigenvalue weighted by atomic mass is 32.2. The van der Waals surface area contributed by atoms with Crippen molar-refractivity contribution in [2.75, 3.05) is 19.9 Å². The Morgan fingerprint density at radius 1 is 1.16 bits per heavy atom. The van der Waals surface area contributed by atoms with Crippen LogP contribution in [0.1, 0.15) is 16.7 Å². The number of amides is 1. The van der Waals surface area contributed by atoms with Gasteiger partial charge in [0, 0.05) is 37.5 Å². The van der Waals surface area contributed by atoms with E-state index in [9.17, 15) is 4.79 Å². The lowest BCUT2D eigenvalue weighted by Crippen LogP contribution is -2.44. The SMILES string of the molecule is COC1(CNC(=O)/C=C/c2ccc(SC)cc2)Cc2ccccc2C1. The summed E-state index contributed by atoms with van der Waals surface area (Å²) in [5, 5.41) is 2.99. The molecule has 0 heterocycles. The zero-order valence-corrected chi connectivity index (χ0v) is 15.4. The molecule has 0 aromatic heterocycles. The Hall–Kier alpha value is -2.04. The molecule has 2 aromatic rings. The van der Waals surface area contributed by atoms with Gasteiger partial charge < -0.3 is 10.1 Å². The van der Waals surface area contributed by atoms with E-state index in [0.29, 0.717) is 6.54 Å². The van der Waals surface area contributed by atoms with Crippen LogP contribution in [-0.2, 0) is 22.4 Å². The van der Waals surface area contributed by atoms with Gasteiger partial charge in [-0.05, 0) is 41.2 Å². The lowest BCUT2D eigenvalue weighted by molar-refractivity contribution is -0.118. The average Bonchev–Trinajstić information content (AvgIpc) is 3.04. The van der Waals surface area contributed by atoms with Crippen LogP contribution >= 0.6 is 11.8 Å². The molecule has 0 fully saturated rings. The van der Waals surface area contributed by atoms with Crippen molar-refractivity contribution in [3.63, 3.8) is 0 Å². The van der Waals surface area contributed by atoms with E-state index >= 15 is 0 Å². The monoisotopic (exact) mass is 353 g/mol. The molecule has 25 heavy (non-hydrogen) atoms. The van der Waals surface area contributed by atoms with Crippen LogP contribution in [0.5, 0.6) is 0 Å². The number of benzene rings is 2. The van der Waals surface area contributed by atoms with Crippen LogP contribution in [0.15, 0.2) is 59.5 Å². The Bertz CT molecular complexity index is 743. The first-order chi connectivity index (χ1) is 12.1. The number of carbonyl (C=O) groups is 1. The number of nitrogens with one attached hydrogen (secondary N) is 1. The zero-order chi connectivity index (χ0) is 17.7. The first kappa shape index (κ1) is 17.8. The minimum atomic E-state index is -0.340. The summed E-state index contributed by atoms with van der Waals surface area (Å²) in [5.41, 5.74) is 3.29. The van der Waals surface area contributed by atoms with Crippen molar-refractivity contribution in [3.05, 3.63) is 71.3 Å². The lowest BCUT2D eigenvalue weighted by atomic mass is 10.00. The predicted molar refractivity (Wildman–Crippen MR) is 104 cm³/mol. The van der Waals surface area contributed by atoms with Gasteiger partial charge in [0.1, 0.15) is 0 Å². The van der Waals surface area contributed by atoms with Gasteiger partial charge in [-0.3, -0.25) is 4.79 Å². The quantitative estimate of drug-likeness (QED) is 0.635. The topological polar surface area (TPSA) is 38.3 Å². The molecule has 3 rings (SSSR count). The van der Waals surface area contributed by atoms with Crippen molar-refractivity contribution < 1.29 is 9.53 Å². The minimum Gasteiger partial charge on any atom is -0.376 e. The van der Waals surface area contributed by atoms with E-state index < -0.39 is 0 Å². The number of methoxy groups -OCH3 is 1. The molecule has 0 saturated carbocycles. The van der Waals surface area contributed by atoms with E-state index in [1.807, 2.05) is 36.6 Å². The highest BCUT2D eigenvalue weighted by Crippen LogP contribution is 2.32. The van der Waals surface area contributed by atoms with Crippen molar-refractivity contribution in [3.8, 4) is 0 Å². The molecule has 0 aliphatic heterocycles. The average molecular weight is 353 g/mol. The van der Waals surface area contributed by atoms with Crippen molar-refractivity contribution in [1.29, 1.82) is 0 Å². The smallest absolute Gasteiger partial charge is 0.244 e. The molecular formula is C21H23NO2S. The molecule has 1 aliphatic rings. The standard InChI is InChI=1S/C21H23NO2S/c1-24-21(13-17-5-3-4-6-18(17)14-21)15-22-20(23)12-9-16-7-10-19(25-2)11-8-16/h3-12H,13-15H2,1-2H3,(H,22,23)/b12-9+. The van der Waals surface area contributed by atoms with Crippen LogP contribution < -0.4 is 5.32 Å². The second kappa shape index (κ2) is 7.89. The van der Waals surface area contributed by atoms with E-state index in [1.165, 1.54) is 16.0 Å². The van der Waals surface area contributed by atoms with Crippen LogP contribution in [0.4, 0.5) is 0 Å². The van der Waals surface area contributed by atoms with E-state index in [4.69, 9.17) is 4.74 Å². The highest BCUT2D eigenvalue weighted by Gasteiger charge is 2.37. The fraction of sp³-hybridized carbons (Fsp3) is 0.286. The Kier molecular flexibility index (Phi) is 5.61. The molecule has 0 saturated heterocycles. The maximum absolute atomic E-state index is 12.2. The molecule has 3 nitrogen and oxygen atoms in total. The molecule has 0 radical (unpaired) electrons. The highest BCUT2D eigenvalue weighted by molar-refractivity contribution is 7.98. The molecule has 0 atom stereocenters. The number of rotatable bonds is 6. The Morgan fingerprint density at radius 2 is 1.80 bits per heavy atom. The van der Waals surface area contributed by atoms with Crippen molar-refractivity contribution in [2.24, 2.45) is 0 Å². The van der Waals surface area contributed by atoms with E-state index in [0.717, 1.165) is 18.4 Å². The molecule has 1 amide bonds. The summed E-state index contributed by atoms with van der Waals surface area (Å²) < 4.78 is 5.78. The van der Waals surface area contributed by atoms with Crippen LogP contribution in [0.3, 0.4) is 0 Å². The van der Waals surface area contributed by atoms with Gasteiger partial charge in [-0.1, -0.05) is 36.4 Å². The first-order valence-corrected chi connectivity index (χ1v) is 9.58. The summed E-state index contributed by atoms with van der Waals surface area (Å²) in [6, 6.07) is 16.5. The molecular weight excluding hydrogens is 330 g/mol. The summed E-state index contributed by atoms with van der Waals surface area (Å²) >= 11 is 1.70. The summed E-state index contributed by atoms with van der Waals surface area (Å²) in [6.07, 6.45) is 7.13. The summed E-state index contributed by atoms with van der Waals surface area (Å²) in [7, 11) is 1.72. The van der Waals surface area contributed by atoms with E-state index in [2.05, 4.69) is 29.6 Å². The van der Waals surface area contributed by atoms with Crippen molar-refractivity contribution in [2.45, 2.75) is 23.3 Å². The molecule has 0 unspecified atom stereocenters. The second-order valence-corrected chi connectivity index (χ2v) is 7.21.